The quantitative estimate of drug-likeness (QED) is 0.225. The van der Waals surface area contributed by atoms with Crippen LogP contribution in [0.3, 0.4) is 0 Å². The zero-order chi connectivity index (χ0) is 27.3. The first-order valence-corrected chi connectivity index (χ1v) is 14.1. The molecule has 4 aromatic carbocycles. The Balaban J connectivity index is 1.29. The van der Waals surface area contributed by atoms with Crippen molar-refractivity contribution in [1.82, 2.24) is 19.1 Å². The normalized spacial score (nSPS) is 13.8. The van der Waals surface area contributed by atoms with E-state index in [-0.39, 0.29) is 5.41 Å². The molecule has 0 saturated carbocycles. The Morgan fingerprint density at radius 2 is 1.41 bits per heavy atom. The summed E-state index contributed by atoms with van der Waals surface area (Å²) < 4.78 is 4.75. The van der Waals surface area contributed by atoms with Gasteiger partial charge in [0, 0.05) is 45.9 Å². The predicted octanol–water partition coefficient (Wildman–Crippen LogP) is 8.98. The number of benzene rings is 4. The summed E-state index contributed by atoms with van der Waals surface area (Å²) in [6.07, 6.45) is 5.76. The average Bonchev–Trinajstić information content (AvgIpc) is 3.53. The molecule has 4 aromatic heterocycles. The molecule has 0 saturated heterocycles. The van der Waals surface area contributed by atoms with Gasteiger partial charge in [-0.15, -0.1) is 0 Å². The molecule has 0 unspecified atom stereocenters. The molecule has 4 nitrogen and oxygen atoms in total. The van der Waals surface area contributed by atoms with E-state index in [1.165, 1.54) is 55.3 Å². The maximum absolute atomic E-state index is 4.78. The highest BCUT2D eigenvalue weighted by Crippen LogP contribution is 2.48. The summed E-state index contributed by atoms with van der Waals surface area (Å²) in [5.41, 5.74) is 13.1. The van der Waals surface area contributed by atoms with E-state index in [0.717, 1.165) is 22.1 Å². The highest BCUT2D eigenvalue weighted by molar-refractivity contribution is 6.11. The third-order valence-electron chi connectivity index (χ3n) is 9.04. The summed E-state index contributed by atoms with van der Waals surface area (Å²) in [6, 6.07) is 37.4. The Morgan fingerprint density at radius 3 is 2.32 bits per heavy atom. The molecule has 8 aromatic rings. The third-order valence-corrected chi connectivity index (χ3v) is 9.04. The molecule has 9 rings (SSSR count). The molecule has 4 heteroatoms. The lowest BCUT2D eigenvalue weighted by Crippen LogP contribution is -2.26. The second-order valence-corrected chi connectivity index (χ2v) is 11.6. The zero-order valence-electron chi connectivity index (χ0n) is 22.8. The number of pyridine rings is 2. The van der Waals surface area contributed by atoms with Crippen LogP contribution in [0.5, 0.6) is 0 Å². The smallest absolute Gasteiger partial charge is 0.0963 e. The van der Waals surface area contributed by atoms with Crippen molar-refractivity contribution in [3.63, 3.8) is 0 Å². The standard InChI is InChI=1S/C37H26N4/c1-37(2)29-11-6-10-26-35-34(12-7-18-39-35)41(36(26)29)33-16-14-24(21-30(33)37)23-13-15-31-27(20-23)28-22-38-19-17-32(28)40(31)25-8-4-3-5-9-25/h3-22H,1-2H3. The van der Waals surface area contributed by atoms with Crippen LogP contribution in [0.1, 0.15) is 25.0 Å². The van der Waals surface area contributed by atoms with Crippen molar-refractivity contribution in [2.24, 2.45) is 0 Å². The minimum absolute atomic E-state index is 0.160. The van der Waals surface area contributed by atoms with Crippen LogP contribution in [0.25, 0.3) is 66.2 Å². The van der Waals surface area contributed by atoms with Crippen molar-refractivity contribution >= 4 is 43.7 Å². The summed E-state index contributed by atoms with van der Waals surface area (Å²) in [5.74, 6) is 0. The SMILES string of the molecule is CC1(C)c2cc(-c3ccc4c(c3)c3cnccc3n4-c3ccccc3)ccc2-n2c3cccnc3c3cccc1c32. The van der Waals surface area contributed by atoms with Crippen LogP contribution in [0.15, 0.2) is 122 Å². The maximum Gasteiger partial charge on any atom is 0.0963 e. The van der Waals surface area contributed by atoms with Gasteiger partial charge >= 0.3 is 0 Å². The van der Waals surface area contributed by atoms with E-state index in [9.17, 15) is 0 Å². The van der Waals surface area contributed by atoms with E-state index >= 15 is 0 Å². The van der Waals surface area contributed by atoms with Gasteiger partial charge < -0.3 is 9.13 Å². The largest absolute Gasteiger partial charge is 0.309 e. The fourth-order valence-corrected chi connectivity index (χ4v) is 7.09. The fraction of sp³-hybridized carbons (Fsp3) is 0.0811. The number of rotatable bonds is 2. The van der Waals surface area contributed by atoms with Crippen LogP contribution in [0.4, 0.5) is 0 Å². The number of hydrogen-bond donors (Lipinski definition) is 0. The topological polar surface area (TPSA) is 35.6 Å². The number of fused-ring (bicyclic) bond motifs is 8. The van der Waals surface area contributed by atoms with Crippen LogP contribution in [-0.4, -0.2) is 19.1 Å². The molecule has 0 bridgehead atoms. The molecule has 1 aliphatic rings. The number of hydrogen-bond acceptors (Lipinski definition) is 2. The lowest BCUT2D eigenvalue weighted by atomic mass is 9.74. The fourth-order valence-electron chi connectivity index (χ4n) is 7.09. The first-order chi connectivity index (χ1) is 20.1. The molecule has 0 aliphatic carbocycles. The zero-order valence-corrected chi connectivity index (χ0v) is 22.8. The van der Waals surface area contributed by atoms with Gasteiger partial charge in [-0.1, -0.05) is 62.4 Å². The second kappa shape index (κ2) is 7.92. The molecule has 0 atom stereocenters. The second-order valence-electron chi connectivity index (χ2n) is 11.6. The van der Waals surface area contributed by atoms with Gasteiger partial charge in [0.1, 0.15) is 0 Å². The summed E-state index contributed by atoms with van der Waals surface area (Å²) in [5, 5.41) is 3.59. The minimum atomic E-state index is -0.160. The first-order valence-electron chi connectivity index (χ1n) is 14.1. The molecule has 5 heterocycles. The van der Waals surface area contributed by atoms with Crippen molar-refractivity contribution in [2.45, 2.75) is 19.3 Å². The first kappa shape index (κ1) is 22.6. The monoisotopic (exact) mass is 526 g/mol. The van der Waals surface area contributed by atoms with Gasteiger partial charge in [0.05, 0.1) is 33.3 Å². The molecule has 0 amide bonds. The van der Waals surface area contributed by atoms with Gasteiger partial charge in [0.15, 0.2) is 0 Å². The lowest BCUT2D eigenvalue weighted by molar-refractivity contribution is 0.630. The minimum Gasteiger partial charge on any atom is -0.309 e. The molecular weight excluding hydrogens is 500 g/mol. The Labute approximate surface area is 237 Å². The third kappa shape index (κ3) is 2.94. The van der Waals surface area contributed by atoms with Crippen LogP contribution in [-0.2, 0) is 5.41 Å². The molecule has 0 radical (unpaired) electrons. The highest BCUT2D eigenvalue weighted by atomic mass is 15.0. The van der Waals surface area contributed by atoms with Gasteiger partial charge in [-0.2, -0.15) is 0 Å². The summed E-state index contributed by atoms with van der Waals surface area (Å²) >= 11 is 0. The Bertz CT molecular complexity index is 2340. The van der Waals surface area contributed by atoms with Gasteiger partial charge in [-0.3, -0.25) is 9.97 Å². The Morgan fingerprint density at radius 1 is 0.585 bits per heavy atom. The summed E-state index contributed by atoms with van der Waals surface area (Å²) in [4.78, 5) is 9.27. The van der Waals surface area contributed by atoms with Gasteiger partial charge in [0.25, 0.3) is 0 Å². The lowest BCUT2D eigenvalue weighted by Gasteiger charge is -2.35. The van der Waals surface area contributed by atoms with Crippen molar-refractivity contribution in [2.75, 3.05) is 0 Å². The van der Waals surface area contributed by atoms with E-state index in [1.54, 1.807) is 0 Å². The van der Waals surface area contributed by atoms with Gasteiger partial charge in [-0.05, 0) is 76.9 Å². The van der Waals surface area contributed by atoms with E-state index in [2.05, 4.69) is 125 Å². The Hall–Kier alpha value is -5.22. The molecular formula is C37H26N4. The van der Waals surface area contributed by atoms with Crippen molar-refractivity contribution in [3.8, 4) is 22.5 Å². The molecule has 41 heavy (non-hydrogen) atoms. The van der Waals surface area contributed by atoms with E-state index in [4.69, 9.17) is 4.98 Å². The molecule has 0 N–H and O–H groups in total. The molecule has 0 spiro atoms. The van der Waals surface area contributed by atoms with E-state index in [1.807, 2.05) is 24.7 Å². The van der Waals surface area contributed by atoms with Crippen molar-refractivity contribution < 1.29 is 0 Å². The van der Waals surface area contributed by atoms with E-state index in [0.29, 0.717) is 0 Å². The average molecular weight is 527 g/mol. The highest BCUT2D eigenvalue weighted by Gasteiger charge is 2.35. The molecule has 0 fully saturated rings. The van der Waals surface area contributed by atoms with Gasteiger partial charge in [0.2, 0.25) is 0 Å². The van der Waals surface area contributed by atoms with Crippen LogP contribution in [0, 0.1) is 0 Å². The molecule has 194 valence electrons. The Kier molecular flexibility index (Phi) is 4.36. The van der Waals surface area contributed by atoms with Crippen LogP contribution >= 0.6 is 0 Å². The number of para-hydroxylation sites is 2. The van der Waals surface area contributed by atoms with Crippen molar-refractivity contribution in [3.05, 3.63) is 133 Å². The summed E-state index contributed by atoms with van der Waals surface area (Å²) in [7, 11) is 0. The number of nitrogens with zero attached hydrogens (tertiary/aromatic N) is 4. The van der Waals surface area contributed by atoms with Gasteiger partial charge in [-0.25, -0.2) is 0 Å². The maximum atomic E-state index is 4.78. The predicted molar refractivity (Wildman–Crippen MR) is 168 cm³/mol. The summed E-state index contributed by atoms with van der Waals surface area (Å²) in [6.45, 7) is 4.70. The van der Waals surface area contributed by atoms with Crippen molar-refractivity contribution in [1.29, 1.82) is 0 Å². The van der Waals surface area contributed by atoms with Crippen LogP contribution < -0.4 is 0 Å². The van der Waals surface area contributed by atoms with E-state index < -0.39 is 0 Å². The molecule has 1 aliphatic heterocycles. The number of aromatic nitrogens is 4. The van der Waals surface area contributed by atoms with Crippen LogP contribution in [0.2, 0.25) is 0 Å².